The molecule has 0 aliphatic rings. The minimum atomic E-state index is -1.06. The van der Waals surface area contributed by atoms with Gasteiger partial charge in [0.05, 0.1) is 12.1 Å². The lowest BCUT2D eigenvalue weighted by Gasteiger charge is -2.04. The van der Waals surface area contributed by atoms with Gasteiger partial charge in [-0.25, -0.2) is 9.78 Å². The van der Waals surface area contributed by atoms with E-state index in [2.05, 4.69) is 15.2 Å². The summed E-state index contributed by atoms with van der Waals surface area (Å²) in [5.74, 6) is 0.185. The Kier molecular flexibility index (Phi) is 5.46. The van der Waals surface area contributed by atoms with Gasteiger partial charge in [0.25, 0.3) is 0 Å². The van der Waals surface area contributed by atoms with E-state index in [1.807, 2.05) is 6.92 Å². The molecule has 0 fully saturated rings. The topological polar surface area (TPSA) is 88.1 Å². The number of aliphatic carboxylic acids is 1. The van der Waals surface area contributed by atoms with E-state index in [9.17, 15) is 9.90 Å². The van der Waals surface area contributed by atoms with E-state index in [1.54, 1.807) is 18.2 Å². The van der Waals surface area contributed by atoms with Gasteiger partial charge in [0.15, 0.2) is 0 Å². The van der Waals surface area contributed by atoms with Gasteiger partial charge in [-0.2, -0.15) is 0 Å². The molecule has 22 heavy (non-hydrogen) atoms. The van der Waals surface area contributed by atoms with Crippen LogP contribution in [0.25, 0.3) is 6.08 Å². The third-order valence-corrected chi connectivity index (χ3v) is 3.90. The van der Waals surface area contributed by atoms with Crippen molar-refractivity contribution in [3.63, 3.8) is 0 Å². The Hall–Kier alpha value is -1.99. The highest BCUT2D eigenvalue weighted by Gasteiger charge is 2.13. The maximum absolute atomic E-state index is 11.4. The lowest BCUT2D eigenvalue weighted by molar-refractivity contribution is -0.131. The Morgan fingerprint density at radius 2 is 2.32 bits per heavy atom. The Labute approximate surface area is 136 Å². The van der Waals surface area contributed by atoms with Crippen LogP contribution in [0.1, 0.15) is 18.3 Å². The Morgan fingerprint density at radius 1 is 1.55 bits per heavy atom. The highest BCUT2D eigenvalue weighted by molar-refractivity contribution is 8.04. The number of carbonyl (C=O) groups is 1. The first kappa shape index (κ1) is 16.4. The summed E-state index contributed by atoms with van der Waals surface area (Å²) in [4.78, 5) is 15.7. The fraction of sp³-hybridized carbons (Fsp3) is 0.214. The summed E-state index contributed by atoms with van der Waals surface area (Å²) in [6, 6.07) is 5.04. The van der Waals surface area contributed by atoms with Crippen molar-refractivity contribution in [1.29, 1.82) is 0 Å². The third kappa shape index (κ3) is 4.02. The lowest BCUT2D eigenvalue weighted by atomic mass is 10.2. The van der Waals surface area contributed by atoms with E-state index in [4.69, 9.17) is 16.3 Å². The number of H-pyrrole nitrogens is 1. The number of ether oxygens (including phenoxy) is 1. The summed E-state index contributed by atoms with van der Waals surface area (Å²) >= 11 is 7.01. The van der Waals surface area contributed by atoms with E-state index >= 15 is 0 Å². The fourth-order valence-corrected chi connectivity index (χ4v) is 2.63. The number of nitrogens with one attached hydrogen (secondary N) is 1. The van der Waals surface area contributed by atoms with Crippen molar-refractivity contribution in [2.45, 2.75) is 18.5 Å². The van der Waals surface area contributed by atoms with Crippen LogP contribution in [0.3, 0.4) is 0 Å². The molecule has 1 aromatic carbocycles. The fourth-order valence-electron chi connectivity index (χ4n) is 1.64. The number of aryl methyl sites for hydroxylation is 1. The molecule has 116 valence electrons. The molecule has 0 amide bonds. The molecule has 2 N–H and O–H groups in total. The second-order valence-corrected chi connectivity index (χ2v) is 5.64. The maximum atomic E-state index is 11.4. The number of hydrogen-bond donors (Lipinski definition) is 2. The molecular formula is C14H14ClN3O3S. The van der Waals surface area contributed by atoms with Gasteiger partial charge in [0.1, 0.15) is 16.5 Å². The van der Waals surface area contributed by atoms with E-state index in [-0.39, 0.29) is 4.91 Å². The van der Waals surface area contributed by atoms with E-state index in [0.29, 0.717) is 33.7 Å². The molecule has 0 spiro atoms. The normalized spacial score (nSPS) is 11.5. The quantitative estimate of drug-likeness (QED) is 0.620. The van der Waals surface area contributed by atoms with Crippen molar-refractivity contribution >= 4 is 35.4 Å². The van der Waals surface area contributed by atoms with E-state index in [1.165, 1.54) is 13.2 Å². The van der Waals surface area contributed by atoms with Gasteiger partial charge >= 0.3 is 5.97 Å². The predicted octanol–water partition coefficient (Wildman–Crippen LogP) is 3.25. The van der Waals surface area contributed by atoms with Crippen molar-refractivity contribution in [2.24, 2.45) is 0 Å². The molecule has 1 heterocycles. The summed E-state index contributed by atoms with van der Waals surface area (Å²) in [5.41, 5.74) is 0.655. The number of carboxylic acids is 1. The van der Waals surface area contributed by atoms with Crippen LogP contribution >= 0.6 is 23.4 Å². The zero-order valence-electron chi connectivity index (χ0n) is 12.0. The zero-order chi connectivity index (χ0) is 16.1. The second kappa shape index (κ2) is 7.33. The Morgan fingerprint density at radius 3 is 2.86 bits per heavy atom. The standard InChI is InChI=1S/C14H14ClN3O3S/c1-3-12-16-14(18-17-12)22-11(13(19)20)7-8-4-5-10(21-2)9(15)6-8/h4-7H,3H2,1-2H3,(H,19,20)(H,16,17,18)/b11-7+. The van der Waals surface area contributed by atoms with Gasteiger partial charge in [-0.1, -0.05) is 24.6 Å². The van der Waals surface area contributed by atoms with Crippen LogP contribution < -0.4 is 4.74 Å². The number of thioether (sulfide) groups is 1. The minimum absolute atomic E-state index is 0.0999. The van der Waals surface area contributed by atoms with Gasteiger partial charge in [0.2, 0.25) is 5.16 Å². The third-order valence-electron chi connectivity index (χ3n) is 2.73. The number of benzene rings is 1. The maximum Gasteiger partial charge on any atom is 0.342 e. The molecule has 2 rings (SSSR count). The number of rotatable bonds is 6. The summed E-state index contributed by atoms with van der Waals surface area (Å²) < 4.78 is 5.06. The predicted molar refractivity (Wildman–Crippen MR) is 85.2 cm³/mol. The van der Waals surface area contributed by atoms with Gasteiger partial charge in [-0.15, -0.1) is 5.10 Å². The summed E-state index contributed by atoms with van der Waals surface area (Å²) in [7, 11) is 1.52. The van der Waals surface area contributed by atoms with Crippen molar-refractivity contribution < 1.29 is 14.6 Å². The van der Waals surface area contributed by atoms with Crippen LogP contribution in [0.2, 0.25) is 5.02 Å². The van der Waals surface area contributed by atoms with Crippen LogP contribution in [0, 0.1) is 0 Å². The largest absolute Gasteiger partial charge is 0.495 e. The first-order valence-corrected chi connectivity index (χ1v) is 7.60. The van der Waals surface area contributed by atoms with Crippen LogP contribution in [0.15, 0.2) is 28.3 Å². The summed E-state index contributed by atoms with van der Waals surface area (Å²) in [5, 5.41) is 16.8. The summed E-state index contributed by atoms with van der Waals surface area (Å²) in [6.07, 6.45) is 2.22. The highest BCUT2D eigenvalue weighted by Crippen LogP contribution is 2.29. The number of halogens is 1. The van der Waals surface area contributed by atoms with Crippen molar-refractivity contribution in [3.8, 4) is 5.75 Å². The molecule has 0 aliphatic heterocycles. The van der Waals surface area contributed by atoms with Crippen molar-refractivity contribution in [2.75, 3.05) is 7.11 Å². The molecular weight excluding hydrogens is 326 g/mol. The molecule has 0 bridgehead atoms. The minimum Gasteiger partial charge on any atom is -0.495 e. The summed E-state index contributed by atoms with van der Waals surface area (Å²) in [6.45, 7) is 1.93. The van der Waals surface area contributed by atoms with Crippen LogP contribution in [0.4, 0.5) is 0 Å². The van der Waals surface area contributed by atoms with Crippen molar-refractivity contribution in [1.82, 2.24) is 15.2 Å². The smallest absolute Gasteiger partial charge is 0.342 e. The number of hydrogen-bond acceptors (Lipinski definition) is 5. The second-order valence-electron chi connectivity index (χ2n) is 4.23. The number of aromatic nitrogens is 3. The molecule has 0 saturated heterocycles. The van der Waals surface area contributed by atoms with Gasteiger partial charge in [0, 0.05) is 6.42 Å². The molecule has 0 aliphatic carbocycles. The van der Waals surface area contributed by atoms with Crippen LogP contribution in [-0.4, -0.2) is 33.4 Å². The van der Waals surface area contributed by atoms with Gasteiger partial charge < -0.3 is 9.84 Å². The average molecular weight is 340 g/mol. The number of methoxy groups -OCH3 is 1. The average Bonchev–Trinajstić information content (AvgIpc) is 2.94. The first-order chi connectivity index (χ1) is 10.5. The van der Waals surface area contributed by atoms with Gasteiger partial charge in [-0.3, -0.25) is 5.10 Å². The molecule has 0 radical (unpaired) electrons. The monoisotopic (exact) mass is 339 g/mol. The Bertz CT molecular complexity index is 715. The molecule has 8 heteroatoms. The molecule has 0 saturated carbocycles. The molecule has 0 atom stereocenters. The molecule has 0 unspecified atom stereocenters. The zero-order valence-corrected chi connectivity index (χ0v) is 13.5. The molecule has 2 aromatic rings. The SMILES string of the molecule is CCc1nc(S/C(=C/c2ccc(OC)c(Cl)c2)C(=O)O)n[nH]1. The molecule has 1 aromatic heterocycles. The van der Waals surface area contributed by atoms with Crippen LogP contribution in [-0.2, 0) is 11.2 Å². The van der Waals surface area contributed by atoms with Crippen LogP contribution in [0.5, 0.6) is 5.75 Å². The van der Waals surface area contributed by atoms with Crippen molar-refractivity contribution in [3.05, 3.63) is 39.5 Å². The first-order valence-electron chi connectivity index (χ1n) is 6.41. The number of carboxylic acid groups (broad SMARTS) is 1. The number of aromatic amines is 1. The number of nitrogens with zero attached hydrogens (tertiary/aromatic N) is 2. The lowest BCUT2D eigenvalue weighted by Crippen LogP contribution is -1.97. The van der Waals surface area contributed by atoms with E-state index in [0.717, 1.165) is 11.8 Å². The molecule has 6 nitrogen and oxygen atoms in total. The Balaban J connectivity index is 2.26. The highest BCUT2D eigenvalue weighted by atomic mass is 35.5. The van der Waals surface area contributed by atoms with Gasteiger partial charge in [-0.05, 0) is 35.5 Å². The van der Waals surface area contributed by atoms with E-state index < -0.39 is 5.97 Å².